The third-order valence-corrected chi connectivity index (χ3v) is 3.12. The predicted octanol–water partition coefficient (Wildman–Crippen LogP) is 3.81. The van der Waals surface area contributed by atoms with Crippen LogP contribution in [0.1, 0.15) is 11.1 Å². The smallest absolute Gasteiger partial charge is 0.271 e. The minimum atomic E-state index is -0.503. The fourth-order valence-corrected chi connectivity index (χ4v) is 1.97. The Kier molecular flexibility index (Phi) is 4.22. The summed E-state index contributed by atoms with van der Waals surface area (Å²) in [5.74, 6) is 1.01. The molecule has 6 heteroatoms. The van der Waals surface area contributed by atoms with Crippen molar-refractivity contribution in [3.8, 4) is 11.5 Å². The molecule has 0 aliphatic heterocycles. The molecule has 0 aliphatic carbocycles. The lowest BCUT2D eigenvalue weighted by atomic mass is 10.1. The van der Waals surface area contributed by atoms with Gasteiger partial charge in [-0.15, -0.1) is 0 Å². The molecule has 0 unspecified atom stereocenters. The zero-order valence-corrected chi connectivity index (χ0v) is 11.6. The molecule has 2 N–H and O–H groups in total. The van der Waals surface area contributed by atoms with Crippen LogP contribution in [-0.2, 0) is 6.54 Å². The Hall–Kier alpha value is -2.11. The summed E-state index contributed by atoms with van der Waals surface area (Å²) in [7, 11) is 0. The maximum Gasteiger partial charge on any atom is 0.271 e. The summed E-state index contributed by atoms with van der Waals surface area (Å²) in [4.78, 5) is 10.1. The van der Waals surface area contributed by atoms with E-state index in [1.165, 1.54) is 18.2 Å². The van der Waals surface area contributed by atoms with Gasteiger partial charge in [0.25, 0.3) is 5.69 Å². The van der Waals surface area contributed by atoms with Crippen LogP contribution in [0.15, 0.2) is 36.4 Å². The number of halogens is 1. The molecule has 0 saturated carbocycles. The normalized spacial score (nSPS) is 10.3. The highest BCUT2D eigenvalue weighted by Gasteiger charge is 2.11. The highest BCUT2D eigenvalue weighted by Crippen LogP contribution is 2.33. The summed E-state index contributed by atoms with van der Waals surface area (Å²) in [6, 6.07) is 9.69. The summed E-state index contributed by atoms with van der Waals surface area (Å²) in [6.45, 7) is 2.35. The van der Waals surface area contributed by atoms with Crippen molar-refractivity contribution < 1.29 is 9.66 Å². The van der Waals surface area contributed by atoms with Gasteiger partial charge >= 0.3 is 0 Å². The number of non-ortho nitro benzene ring substituents is 1. The first-order valence-electron chi connectivity index (χ1n) is 5.92. The van der Waals surface area contributed by atoms with E-state index in [2.05, 4.69) is 0 Å². The van der Waals surface area contributed by atoms with E-state index in [0.717, 1.165) is 11.1 Å². The number of nitro benzene ring substituents is 1. The van der Waals surface area contributed by atoms with Crippen LogP contribution >= 0.6 is 11.6 Å². The van der Waals surface area contributed by atoms with Gasteiger partial charge in [-0.25, -0.2) is 0 Å². The monoisotopic (exact) mass is 292 g/mol. The number of rotatable bonds is 4. The molecule has 0 heterocycles. The van der Waals surface area contributed by atoms with E-state index in [1.807, 2.05) is 19.1 Å². The van der Waals surface area contributed by atoms with E-state index in [4.69, 9.17) is 22.1 Å². The van der Waals surface area contributed by atoms with E-state index in [0.29, 0.717) is 18.0 Å². The molecule has 0 spiro atoms. The number of nitrogens with zero attached hydrogens (tertiary/aromatic N) is 1. The number of hydrogen-bond donors (Lipinski definition) is 1. The lowest BCUT2D eigenvalue weighted by molar-refractivity contribution is -0.384. The third kappa shape index (κ3) is 3.07. The van der Waals surface area contributed by atoms with Crippen molar-refractivity contribution in [2.45, 2.75) is 13.5 Å². The average molecular weight is 293 g/mol. The molecule has 104 valence electrons. The lowest BCUT2D eigenvalue weighted by Gasteiger charge is -2.11. The molecule has 2 rings (SSSR count). The Bertz CT molecular complexity index is 659. The van der Waals surface area contributed by atoms with Gasteiger partial charge in [0, 0.05) is 18.7 Å². The fraction of sp³-hybridized carbons (Fsp3) is 0.143. The van der Waals surface area contributed by atoms with Crippen LogP contribution in [0.2, 0.25) is 5.02 Å². The minimum Gasteiger partial charge on any atom is -0.456 e. The standard InChI is InChI=1S/C14H13ClN2O3/c1-9-6-10(8-16)2-4-13(9)20-14-5-3-11(17(18)19)7-12(14)15/h2-7H,8,16H2,1H3. The Labute approximate surface area is 121 Å². The molecule has 5 nitrogen and oxygen atoms in total. The maximum atomic E-state index is 10.6. The van der Waals surface area contributed by atoms with Gasteiger partial charge in [-0.2, -0.15) is 0 Å². The largest absolute Gasteiger partial charge is 0.456 e. The Balaban J connectivity index is 2.28. The molecule has 0 atom stereocenters. The maximum absolute atomic E-state index is 10.6. The number of nitrogens with two attached hydrogens (primary N) is 1. The fourth-order valence-electron chi connectivity index (χ4n) is 1.76. The van der Waals surface area contributed by atoms with Gasteiger partial charge in [-0.3, -0.25) is 10.1 Å². The summed E-state index contributed by atoms with van der Waals surface area (Å²) >= 11 is 5.98. The quantitative estimate of drug-likeness (QED) is 0.686. The van der Waals surface area contributed by atoms with Crippen molar-refractivity contribution in [2.75, 3.05) is 0 Å². The molecule has 20 heavy (non-hydrogen) atoms. The molecule has 2 aromatic rings. The first-order chi connectivity index (χ1) is 9.51. The van der Waals surface area contributed by atoms with Crippen LogP contribution in [0.25, 0.3) is 0 Å². The lowest BCUT2D eigenvalue weighted by Crippen LogP contribution is -1.97. The molecule has 0 bridgehead atoms. The molecule has 0 fully saturated rings. The summed E-state index contributed by atoms with van der Waals surface area (Å²) in [5.41, 5.74) is 7.42. The highest BCUT2D eigenvalue weighted by molar-refractivity contribution is 6.32. The van der Waals surface area contributed by atoms with Crippen molar-refractivity contribution >= 4 is 17.3 Å². The van der Waals surface area contributed by atoms with Crippen LogP contribution < -0.4 is 10.5 Å². The number of aryl methyl sites for hydroxylation is 1. The number of hydrogen-bond acceptors (Lipinski definition) is 4. The summed E-state index contributed by atoms with van der Waals surface area (Å²) < 4.78 is 5.68. The molecule has 0 aliphatic rings. The number of ether oxygens (including phenoxy) is 1. The Morgan fingerprint density at radius 1 is 1.25 bits per heavy atom. The van der Waals surface area contributed by atoms with Crippen LogP contribution in [-0.4, -0.2) is 4.92 Å². The second-order valence-corrected chi connectivity index (χ2v) is 4.69. The summed E-state index contributed by atoms with van der Waals surface area (Å²) in [5, 5.41) is 10.8. The zero-order valence-electron chi connectivity index (χ0n) is 10.8. The molecule has 0 radical (unpaired) electrons. The van der Waals surface area contributed by atoms with Crippen molar-refractivity contribution in [2.24, 2.45) is 5.73 Å². The molecule has 0 aromatic heterocycles. The van der Waals surface area contributed by atoms with Crippen LogP contribution in [0.3, 0.4) is 0 Å². The van der Waals surface area contributed by atoms with Gasteiger partial charge < -0.3 is 10.5 Å². The van der Waals surface area contributed by atoms with Gasteiger partial charge in [-0.1, -0.05) is 23.7 Å². The number of nitro groups is 1. The van der Waals surface area contributed by atoms with E-state index in [9.17, 15) is 10.1 Å². The Morgan fingerprint density at radius 3 is 2.50 bits per heavy atom. The second kappa shape index (κ2) is 5.90. The highest BCUT2D eigenvalue weighted by atomic mass is 35.5. The van der Waals surface area contributed by atoms with Crippen molar-refractivity contribution in [3.63, 3.8) is 0 Å². The van der Waals surface area contributed by atoms with Crippen LogP contribution in [0, 0.1) is 17.0 Å². The van der Waals surface area contributed by atoms with E-state index < -0.39 is 4.92 Å². The van der Waals surface area contributed by atoms with Gasteiger partial charge in [0.05, 0.1) is 9.95 Å². The first-order valence-corrected chi connectivity index (χ1v) is 6.30. The molecular weight excluding hydrogens is 280 g/mol. The van der Waals surface area contributed by atoms with Gasteiger partial charge in [0.15, 0.2) is 0 Å². The summed E-state index contributed by atoms with van der Waals surface area (Å²) in [6.07, 6.45) is 0. The van der Waals surface area contributed by atoms with Gasteiger partial charge in [-0.05, 0) is 30.2 Å². The molecule has 0 saturated heterocycles. The van der Waals surface area contributed by atoms with E-state index in [-0.39, 0.29) is 10.7 Å². The van der Waals surface area contributed by atoms with E-state index in [1.54, 1.807) is 6.07 Å². The zero-order chi connectivity index (χ0) is 14.7. The van der Waals surface area contributed by atoms with Crippen LogP contribution in [0.4, 0.5) is 5.69 Å². The topological polar surface area (TPSA) is 78.4 Å². The Morgan fingerprint density at radius 2 is 1.95 bits per heavy atom. The van der Waals surface area contributed by atoms with E-state index >= 15 is 0 Å². The van der Waals surface area contributed by atoms with Crippen molar-refractivity contribution in [3.05, 3.63) is 62.7 Å². The van der Waals surface area contributed by atoms with Crippen molar-refractivity contribution in [1.82, 2.24) is 0 Å². The predicted molar refractivity (Wildman–Crippen MR) is 77.3 cm³/mol. The SMILES string of the molecule is Cc1cc(CN)ccc1Oc1ccc([N+](=O)[O-])cc1Cl. The number of benzene rings is 2. The van der Waals surface area contributed by atoms with Crippen molar-refractivity contribution in [1.29, 1.82) is 0 Å². The molecule has 2 aromatic carbocycles. The molecular formula is C14H13ClN2O3. The van der Waals surface area contributed by atoms with Crippen LogP contribution in [0.5, 0.6) is 11.5 Å². The molecule has 0 amide bonds. The third-order valence-electron chi connectivity index (χ3n) is 2.82. The van der Waals surface area contributed by atoms with Gasteiger partial charge in [0.1, 0.15) is 11.5 Å². The minimum absolute atomic E-state index is 0.0717. The second-order valence-electron chi connectivity index (χ2n) is 4.28. The average Bonchev–Trinajstić information content (AvgIpc) is 2.42. The van der Waals surface area contributed by atoms with Gasteiger partial charge in [0.2, 0.25) is 0 Å². The first kappa shape index (κ1) is 14.3.